The van der Waals surface area contributed by atoms with Crippen LogP contribution in [0.15, 0.2) is 54.7 Å². The SMILES string of the molecule is CCN(C(=O)/C=C/CN(C)C)[C@H]1C[C@H](Oc2cc(-c3ccc(O)cc3)cc3[nH]ncc23)C1. The van der Waals surface area contributed by atoms with Gasteiger partial charge in [0.25, 0.3) is 0 Å². The molecule has 2 N–H and O–H groups in total. The van der Waals surface area contributed by atoms with E-state index in [1.54, 1.807) is 24.4 Å². The second-order valence-electron chi connectivity index (χ2n) is 8.51. The molecule has 1 heterocycles. The van der Waals surface area contributed by atoms with E-state index in [0.29, 0.717) is 6.54 Å². The van der Waals surface area contributed by atoms with Gasteiger partial charge in [-0.3, -0.25) is 9.89 Å². The first-order valence-electron chi connectivity index (χ1n) is 11.0. The summed E-state index contributed by atoms with van der Waals surface area (Å²) in [5.41, 5.74) is 2.88. The fourth-order valence-corrected chi connectivity index (χ4v) is 4.06. The van der Waals surface area contributed by atoms with E-state index in [-0.39, 0.29) is 23.8 Å². The number of hydrogen-bond donors (Lipinski definition) is 2. The Morgan fingerprint density at radius 2 is 1.97 bits per heavy atom. The number of nitrogens with zero attached hydrogens (tertiary/aromatic N) is 3. The van der Waals surface area contributed by atoms with Crippen molar-refractivity contribution in [1.82, 2.24) is 20.0 Å². The van der Waals surface area contributed by atoms with Gasteiger partial charge in [-0.15, -0.1) is 0 Å². The molecule has 0 bridgehead atoms. The lowest BCUT2D eigenvalue weighted by Crippen LogP contribution is -2.51. The van der Waals surface area contributed by atoms with Gasteiger partial charge in [-0.2, -0.15) is 5.10 Å². The Kier molecular flexibility index (Phi) is 6.46. The smallest absolute Gasteiger partial charge is 0.246 e. The van der Waals surface area contributed by atoms with Crippen LogP contribution in [0.4, 0.5) is 0 Å². The van der Waals surface area contributed by atoms with E-state index in [1.165, 1.54) is 0 Å². The van der Waals surface area contributed by atoms with Gasteiger partial charge in [-0.1, -0.05) is 18.2 Å². The first-order chi connectivity index (χ1) is 15.4. The molecule has 2 aromatic carbocycles. The Bertz CT molecular complexity index is 1100. The number of amides is 1. The second kappa shape index (κ2) is 9.44. The lowest BCUT2D eigenvalue weighted by molar-refractivity contribution is -0.131. The van der Waals surface area contributed by atoms with Gasteiger partial charge in [0.2, 0.25) is 5.91 Å². The molecule has 0 aliphatic heterocycles. The van der Waals surface area contributed by atoms with Gasteiger partial charge >= 0.3 is 0 Å². The van der Waals surface area contributed by atoms with E-state index in [4.69, 9.17) is 4.74 Å². The monoisotopic (exact) mass is 434 g/mol. The number of ether oxygens (including phenoxy) is 1. The summed E-state index contributed by atoms with van der Waals surface area (Å²) >= 11 is 0. The third-order valence-corrected chi connectivity index (χ3v) is 5.88. The zero-order chi connectivity index (χ0) is 22.7. The van der Waals surface area contributed by atoms with Crippen LogP contribution in [0.1, 0.15) is 19.8 Å². The molecule has 0 saturated heterocycles. The predicted octanol–water partition coefficient (Wildman–Crippen LogP) is 3.81. The minimum atomic E-state index is 0.0563. The topological polar surface area (TPSA) is 81.7 Å². The van der Waals surface area contributed by atoms with Crippen molar-refractivity contribution in [1.29, 1.82) is 0 Å². The summed E-state index contributed by atoms with van der Waals surface area (Å²) in [6.07, 6.45) is 7.03. The molecule has 7 nitrogen and oxygen atoms in total. The number of phenols is 1. The molecule has 3 aromatic rings. The molecule has 1 aromatic heterocycles. The number of benzene rings is 2. The second-order valence-corrected chi connectivity index (χ2v) is 8.51. The lowest BCUT2D eigenvalue weighted by atomic mass is 9.87. The molecular weight excluding hydrogens is 404 g/mol. The third-order valence-electron chi connectivity index (χ3n) is 5.88. The van der Waals surface area contributed by atoms with Crippen molar-refractivity contribution in [2.45, 2.75) is 31.9 Å². The average Bonchev–Trinajstić information content (AvgIpc) is 3.21. The maximum absolute atomic E-state index is 12.6. The lowest BCUT2D eigenvalue weighted by Gasteiger charge is -2.42. The highest BCUT2D eigenvalue weighted by atomic mass is 16.5. The number of nitrogens with one attached hydrogen (secondary N) is 1. The quantitative estimate of drug-likeness (QED) is 0.527. The van der Waals surface area contributed by atoms with Crippen LogP contribution in [0.2, 0.25) is 0 Å². The van der Waals surface area contributed by atoms with Gasteiger partial charge in [-0.05, 0) is 56.4 Å². The molecule has 1 aliphatic carbocycles. The molecule has 0 radical (unpaired) electrons. The van der Waals surface area contributed by atoms with Gasteiger partial charge in [-0.25, -0.2) is 0 Å². The Labute approximate surface area is 188 Å². The van der Waals surface area contributed by atoms with Crippen LogP contribution in [0.3, 0.4) is 0 Å². The summed E-state index contributed by atoms with van der Waals surface area (Å²) in [6, 6.07) is 11.4. The number of fused-ring (bicyclic) bond motifs is 1. The molecule has 168 valence electrons. The molecule has 7 heteroatoms. The van der Waals surface area contributed by atoms with Crippen LogP contribution in [-0.2, 0) is 4.79 Å². The van der Waals surface area contributed by atoms with E-state index in [2.05, 4.69) is 10.2 Å². The molecule has 32 heavy (non-hydrogen) atoms. The minimum Gasteiger partial charge on any atom is -0.508 e. The Hall–Kier alpha value is -3.32. The third kappa shape index (κ3) is 4.78. The first-order valence-corrected chi connectivity index (χ1v) is 11.0. The van der Waals surface area contributed by atoms with Crippen molar-refractivity contribution in [2.75, 3.05) is 27.2 Å². The summed E-state index contributed by atoms with van der Waals surface area (Å²) in [5, 5.41) is 17.7. The number of aromatic hydroxyl groups is 1. The first kappa shape index (κ1) is 21.9. The number of phenolic OH excluding ortho intramolecular Hbond substituents is 1. The van der Waals surface area contributed by atoms with Crippen LogP contribution in [0.25, 0.3) is 22.0 Å². The van der Waals surface area contributed by atoms with Crippen molar-refractivity contribution in [3.05, 3.63) is 54.7 Å². The number of aromatic amines is 1. The standard InChI is InChI=1S/C25H30N4O3/c1-4-29(25(31)6-5-11-28(2)3)19-14-21(15-19)32-24-13-18(12-23-22(24)16-26-27-23)17-7-9-20(30)10-8-17/h5-10,12-13,16,19,21,30H,4,11,14-15H2,1-3H3,(H,26,27)/b6-5+/t19-,21-. The van der Waals surface area contributed by atoms with E-state index >= 15 is 0 Å². The number of H-pyrrole nitrogens is 1. The number of hydrogen-bond acceptors (Lipinski definition) is 5. The Morgan fingerprint density at radius 1 is 1.22 bits per heavy atom. The van der Waals surface area contributed by atoms with Crippen molar-refractivity contribution in [3.63, 3.8) is 0 Å². The largest absolute Gasteiger partial charge is 0.508 e. The van der Waals surface area contributed by atoms with Crippen molar-refractivity contribution < 1.29 is 14.6 Å². The number of likely N-dealkylation sites (N-methyl/N-ethyl adjacent to an activating group) is 2. The van der Waals surface area contributed by atoms with Gasteiger partial charge in [0.1, 0.15) is 17.6 Å². The molecular formula is C25H30N4O3. The maximum Gasteiger partial charge on any atom is 0.246 e. The van der Waals surface area contributed by atoms with Gasteiger partial charge < -0.3 is 19.6 Å². The maximum atomic E-state index is 12.6. The molecule has 1 amide bonds. The van der Waals surface area contributed by atoms with E-state index < -0.39 is 0 Å². The Balaban J connectivity index is 1.45. The zero-order valence-electron chi connectivity index (χ0n) is 18.8. The highest BCUT2D eigenvalue weighted by Gasteiger charge is 2.36. The van der Waals surface area contributed by atoms with Crippen LogP contribution in [-0.4, -0.2) is 70.3 Å². The summed E-state index contributed by atoms with van der Waals surface area (Å²) in [4.78, 5) is 16.5. The summed E-state index contributed by atoms with van der Waals surface area (Å²) in [6.45, 7) is 3.45. The molecule has 1 saturated carbocycles. The molecule has 1 aliphatic rings. The average molecular weight is 435 g/mol. The molecule has 0 unspecified atom stereocenters. The summed E-state index contributed by atoms with van der Waals surface area (Å²) < 4.78 is 6.35. The fraction of sp³-hybridized carbons (Fsp3) is 0.360. The highest BCUT2D eigenvalue weighted by Crippen LogP contribution is 2.36. The van der Waals surface area contributed by atoms with Crippen molar-refractivity contribution in [2.24, 2.45) is 0 Å². The fourth-order valence-electron chi connectivity index (χ4n) is 4.06. The Morgan fingerprint density at radius 3 is 2.66 bits per heavy atom. The molecule has 0 atom stereocenters. The number of carbonyl (C=O) groups is 1. The van der Waals surface area contributed by atoms with E-state index in [9.17, 15) is 9.90 Å². The van der Waals surface area contributed by atoms with Crippen LogP contribution in [0, 0.1) is 0 Å². The molecule has 1 fully saturated rings. The zero-order valence-corrected chi connectivity index (χ0v) is 18.8. The number of carbonyl (C=O) groups excluding carboxylic acids is 1. The predicted molar refractivity (Wildman–Crippen MR) is 126 cm³/mol. The number of rotatable bonds is 8. The van der Waals surface area contributed by atoms with Crippen LogP contribution < -0.4 is 4.74 Å². The highest BCUT2D eigenvalue weighted by molar-refractivity contribution is 5.90. The van der Waals surface area contributed by atoms with E-state index in [1.807, 2.05) is 61.2 Å². The summed E-state index contributed by atoms with van der Waals surface area (Å²) in [7, 11) is 3.96. The van der Waals surface area contributed by atoms with Crippen LogP contribution in [0.5, 0.6) is 11.5 Å². The minimum absolute atomic E-state index is 0.0563. The van der Waals surface area contributed by atoms with Crippen LogP contribution >= 0.6 is 0 Å². The number of aromatic nitrogens is 2. The van der Waals surface area contributed by atoms with Crippen molar-refractivity contribution in [3.8, 4) is 22.6 Å². The van der Waals surface area contributed by atoms with Crippen molar-refractivity contribution >= 4 is 16.8 Å². The molecule has 0 spiro atoms. The normalized spacial score (nSPS) is 18.2. The van der Waals surface area contributed by atoms with Gasteiger partial charge in [0, 0.05) is 38.0 Å². The molecule has 4 rings (SSSR count). The summed E-state index contributed by atoms with van der Waals surface area (Å²) in [5.74, 6) is 1.08. The van der Waals surface area contributed by atoms with E-state index in [0.717, 1.165) is 47.2 Å². The van der Waals surface area contributed by atoms with Gasteiger partial charge in [0.15, 0.2) is 0 Å². The van der Waals surface area contributed by atoms with Gasteiger partial charge in [0.05, 0.1) is 17.1 Å².